The van der Waals surface area contributed by atoms with E-state index in [1.807, 2.05) is 0 Å². The predicted molar refractivity (Wildman–Crippen MR) is 74.0 cm³/mol. The minimum absolute atomic E-state index is 0.00327. The molecule has 2 saturated heterocycles. The molecular weight excluding hydrogens is 240 g/mol. The highest BCUT2D eigenvalue weighted by molar-refractivity contribution is 5.74. The van der Waals surface area contributed by atoms with E-state index < -0.39 is 0 Å². The number of fused-ring (bicyclic) bond motifs is 2. The lowest BCUT2D eigenvalue weighted by atomic mass is 9.66. The van der Waals surface area contributed by atoms with Gasteiger partial charge in [-0.3, -0.25) is 0 Å². The van der Waals surface area contributed by atoms with Gasteiger partial charge in [-0.25, -0.2) is 4.79 Å². The zero-order chi connectivity index (χ0) is 13.3. The summed E-state index contributed by atoms with van der Waals surface area (Å²) in [5.41, 5.74) is 0.400. The molecule has 1 aliphatic carbocycles. The Bertz CT molecular complexity index is 341. The molecule has 0 aromatic heterocycles. The molecule has 3 atom stereocenters. The molecule has 2 N–H and O–H groups in total. The largest absolute Gasteiger partial charge is 0.373 e. The Morgan fingerprint density at radius 3 is 2.74 bits per heavy atom. The van der Waals surface area contributed by atoms with Crippen molar-refractivity contribution in [2.24, 2.45) is 5.41 Å². The highest BCUT2D eigenvalue weighted by Gasteiger charge is 2.42. The predicted octanol–water partition coefficient (Wildman–Crippen LogP) is 2.58. The van der Waals surface area contributed by atoms with Crippen LogP contribution in [0.15, 0.2) is 0 Å². The molecule has 4 heteroatoms. The maximum atomic E-state index is 12.0. The van der Waals surface area contributed by atoms with Crippen LogP contribution in [-0.2, 0) is 4.74 Å². The van der Waals surface area contributed by atoms with E-state index in [0.717, 1.165) is 19.4 Å². The third-order valence-electron chi connectivity index (χ3n) is 5.24. The van der Waals surface area contributed by atoms with E-state index in [0.29, 0.717) is 11.5 Å². The van der Waals surface area contributed by atoms with Crippen molar-refractivity contribution in [3.63, 3.8) is 0 Å². The zero-order valence-electron chi connectivity index (χ0n) is 11.9. The third kappa shape index (κ3) is 2.73. The molecule has 2 amide bonds. The number of nitrogens with one attached hydrogen (secondary N) is 2. The van der Waals surface area contributed by atoms with Gasteiger partial charge in [0.25, 0.3) is 0 Å². The first-order valence-electron chi connectivity index (χ1n) is 7.91. The quantitative estimate of drug-likeness (QED) is 0.803. The van der Waals surface area contributed by atoms with Gasteiger partial charge >= 0.3 is 6.03 Å². The Labute approximate surface area is 115 Å². The smallest absolute Gasteiger partial charge is 0.315 e. The molecule has 3 rings (SSSR count). The zero-order valence-corrected chi connectivity index (χ0v) is 11.9. The van der Waals surface area contributed by atoms with Gasteiger partial charge in [-0.2, -0.15) is 0 Å². The van der Waals surface area contributed by atoms with Crippen LogP contribution in [0, 0.1) is 5.41 Å². The monoisotopic (exact) mass is 266 g/mol. The number of carbonyl (C=O) groups excluding carboxylic acids is 1. The van der Waals surface area contributed by atoms with Crippen molar-refractivity contribution in [1.82, 2.24) is 10.6 Å². The maximum Gasteiger partial charge on any atom is 0.315 e. The summed E-state index contributed by atoms with van der Waals surface area (Å²) in [6, 6.07) is 0.241. The van der Waals surface area contributed by atoms with Crippen LogP contribution >= 0.6 is 0 Å². The van der Waals surface area contributed by atoms with Gasteiger partial charge in [0, 0.05) is 6.54 Å². The Balaban J connectivity index is 1.41. The lowest BCUT2D eigenvalue weighted by Gasteiger charge is -2.42. The minimum Gasteiger partial charge on any atom is -0.373 e. The Morgan fingerprint density at radius 1 is 1.37 bits per heavy atom. The summed E-state index contributed by atoms with van der Waals surface area (Å²) >= 11 is 0. The molecule has 3 fully saturated rings. The second-order valence-corrected chi connectivity index (χ2v) is 6.65. The lowest BCUT2D eigenvalue weighted by molar-refractivity contribution is 0.0971. The Kier molecular flexibility index (Phi) is 3.70. The summed E-state index contributed by atoms with van der Waals surface area (Å²) in [6.45, 7) is 3.07. The summed E-state index contributed by atoms with van der Waals surface area (Å²) in [7, 11) is 0. The normalized spacial score (nSPS) is 34.9. The number of hydrogen-bond acceptors (Lipinski definition) is 2. The molecule has 0 radical (unpaired) electrons. The van der Waals surface area contributed by atoms with Crippen LogP contribution in [0.2, 0.25) is 0 Å². The number of amides is 2. The third-order valence-corrected chi connectivity index (χ3v) is 5.24. The summed E-state index contributed by atoms with van der Waals surface area (Å²) in [6.07, 6.45) is 10.3. The fraction of sp³-hybridized carbons (Fsp3) is 0.933. The molecule has 3 aliphatic rings. The van der Waals surface area contributed by atoms with Crippen molar-refractivity contribution >= 4 is 6.03 Å². The maximum absolute atomic E-state index is 12.0. The van der Waals surface area contributed by atoms with Gasteiger partial charge in [0.15, 0.2) is 0 Å². The average Bonchev–Trinajstić information content (AvgIpc) is 2.94. The van der Waals surface area contributed by atoms with Crippen LogP contribution in [0.5, 0.6) is 0 Å². The number of hydrogen-bond donors (Lipinski definition) is 2. The molecule has 2 heterocycles. The first-order valence-corrected chi connectivity index (χ1v) is 7.91. The second-order valence-electron chi connectivity index (χ2n) is 6.65. The topological polar surface area (TPSA) is 50.4 Å². The van der Waals surface area contributed by atoms with E-state index in [9.17, 15) is 4.79 Å². The Hall–Kier alpha value is -0.770. The molecule has 4 nitrogen and oxygen atoms in total. The number of urea groups is 1. The van der Waals surface area contributed by atoms with Gasteiger partial charge in [-0.1, -0.05) is 19.8 Å². The van der Waals surface area contributed by atoms with Crippen molar-refractivity contribution in [2.45, 2.75) is 76.5 Å². The van der Waals surface area contributed by atoms with Crippen molar-refractivity contribution in [3.8, 4) is 0 Å². The molecule has 2 bridgehead atoms. The van der Waals surface area contributed by atoms with Crippen molar-refractivity contribution in [2.75, 3.05) is 6.54 Å². The van der Waals surface area contributed by atoms with E-state index in [1.54, 1.807) is 0 Å². The average molecular weight is 266 g/mol. The molecular formula is C15H26N2O2. The first kappa shape index (κ1) is 13.2. The molecule has 0 aromatic rings. The minimum atomic E-state index is 0.00327. The van der Waals surface area contributed by atoms with Crippen molar-refractivity contribution < 1.29 is 9.53 Å². The summed E-state index contributed by atoms with van der Waals surface area (Å²) in [5, 5.41) is 6.19. The van der Waals surface area contributed by atoms with E-state index >= 15 is 0 Å². The summed E-state index contributed by atoms with van der Waals surface area (Å²) < 4.78 is 5.76. The van der Waals surface area contributed by atoms with Crippen LogP contribution < -0.4 is 10.6 Å². The summed E-state index contributed by atoms with van der Waals surface area (Å²) in [5.74, 6) is 0. The van der Waals surface area contributed by atoms with Crippen LogP contribution in [0.4, 0.5) is 4.79 Å². The van der Waals surface area contributed by atoms with Gasteiger partial charge in [-0.15, -0.1) is 0 Å². The molecule has 108 valence electrons. The van der Waals surface area contributed by atoms with Crippen LogP contribution in [0.3, 0.4) is 0 Å². The SMILES string of the molecule is CCCC1(CNC(=O)N[C@@H]2C[C@H]3CC[C@H]2O3)CCC1. The number of ether oxygens (including phenoxy) is 1. The molecule has 0 aromatic carbocycles. The van der Waals surface area contributed by atoms with Gasteiger partial charge in [0.05, 0.1) is 18.2 Å². The van der Waals surface area contributed by atoms with Gasteiger partial charge in [-0.05, 0) is 43.9 Å². The van der Waals surface area contributed by atoms with E-state index in [1.165, 1.54) is 38.5 Å². The van der Waals surface area contributed by atoms with Crippen LogP contribution in [-0.4, -0.2) is 30.8 Å². The van der Waals surface area contributed by atoms with E-state index in [4.69, 9.17) is 4.74 Å². The number of rotatable bonds is 5. The first-order chi connectivity index (χ1) is 9.21. The molecule has 0 spiro atoms. The van der Waals surface area contributed by atoms with Crippen LogP contribution in [0.25, 0.3) is 0 Å². The fourth-order valence-electron chi connectivity index (χ4n) is 4.00. The van der Waals surface area contributed by atoms with Gasteiger partial charge in [0.1, 0.15) is 0 Å². The van der Waals surface area contributed by atoms with Crippen LogP contribution in [0.1, 0.15) is 58.3 Å². The van der Waals surface area contributed by atoms with Gasteiger partial charge in [0.2, 0.25) is 0 Å². The van der Waals surface area contributed by atoms with Gasteiger partial charge < -0.3 is 15.4 Å². The van der Waals surface area contributed by atoms with E-state index in [-0.39, 0.29) is 18.2 Å². The summed E-state index contributed by atoms with van der Waals surface area (Å²) in [4.78, 5) is 12.0. The van der Waals surface area contributed by atoms with Crippen molar-refractivity contribution in [3.05, 3.63) is 0 Å². The lowest BCUT2D eigenvalue weighted by Crippen LogP contribution is -2.50. The van der Waals surface area contributed by atoms with Crippen molar-refractivity contribution in [1.29, 1.82) is 0 Å². The second kappa shape index (κ2) is 5.31. The molecule has 0 unspecified atom stereocenters. The highest BCUT2D eigenvalue weighted by Crippen LogP contribution is 2.44. The van der Waals surface area contributed by atoms with E-state index in [2.05, 4.69) is 17.6 Å². The molecule has 2 aliphatic heterocycles. The Morgan fingerprint density at radius 2 is 2.21 bits per heavy atom. The standard InChI is InChI=1S/C15H26N2O2/c1-2-6-15(7-3-8-15)10-16-14(18)17-12-9-11-4-5-13(12)19-11/h11-13H,2-10H2,1H3,(H2,16,17,18)/t11-,12-,13-/m1/s1. The fourth-order valence-corrected chi connectivity index (χ4v) is 4.00. The molecule has 19 heavy (non-hydrogen) atoms. The molecule has 1 saturated carbocycles. The number of carbonyl (C=O) groups is 1. The highest BCUT2D eigenvalue weighted by atomic mass is 16.5.